The van der Waals surface area contributed by atoms with Crippen molar-refractivity contribution in [3.8, 4) is 0 Å². The SMILES string of the molecule is COC(=O)CCN(CCCCCCOC(=O)CCCCSCC1NC(=O)NC1C)CCCN(CCC(=O)OC)CCC(=O)OC. The molecular weight excluding hydrogens is 604 g/mol. The molecule has 0 bridgehead atoms. The third-order valence-electron chi connectivity index (χ3n) is 7.66. The lowest BCUT2D eigenvalue weighted by Crippen LogP contribution is -2.34. The lowest BCUT2D eigenvalue weighted by atomic mass is 10.2. The number of ether oxygens (including phenoxy) is 4. The van der Waals surface area contributed by atoms with Crippen LogP contribution in [0.2, 0.25) is 0 Å². The Morgan fingerprint density at radius 1 is 0.644 bits per heavy atom. The van der Waals surface area contributed by atoms with E-state index in [0.717, 1.165) is 69.5 Å². The van der Waals surface area contributed by atoms with Crippen LogP contribution in [0.15, 0.2) is 0 Å². The van der Waals surface area contributed by atoms with Gasteiger partial charge in [0.2, 0.25) is 0 Å². The van der Waals surface area contributed by atoms with Crippen LogP contribution in [-0.2, 0) is 38.1 Å². The molecule has 0 aliphatic carbocycles. The molecule has 13 nitrogen and oxygen atoms in total. The van der Waals surface area contributed by atoms with E-state index in [9.17, 15) is 24.0 Å². The van der Waals surface area contributed by atoms with E-state index in [1.165, 1.54) is 21.3 Å². The van der Waals surface area contributed by atoms with E-state index in [0.29, 0.717) is 45.6 Å². The third kappa shape index (κ3) is 21.0. The molecule has 1 heterocycles. The molecule has 0 aromatic heterocycles. The zero-order chi connectivity index (χ0) is 33.3. The molecule has 0 spiro atoms. The minimum Gasteiger partial charge on any atom is -0.469 e. The Balaban J connectivity index is 2.23. The van der Waals surface area contributed by atoms with Gasteiger partial charge in [-0.15, -0.1) is 0 Å². The summed E-state index contributed by atoms with van der Waals surface area (Å²) in [5, 5.41) is 5.75. The minimum atomic E-state index is -0.293. The Morgan fingerprint density at radius 2 is 1.18 bits per heavy atom. The Hall–Kier alpha value is -2.58. The maximum atomic E-state index is 12.0. The summed E-state index contributed by atoms with van der Waals surface area (Å²) in [5.74, 6) is 0.833. The number of unbranched alkanes of at least 4 members (excludes halogenated alkanes) is 4. The molecule has 14 heteroatoms. The molecule has 1 fully saturated rings. The highest BCUT2D eigenvalue weighted by atomic mass is 32.2. The molecule has 2 atom stereocenters. The van der Waals surface area contributed by atoms with Crippen molar-refractivity contribution in [2.75, 3.05) is 78.7 Å². The number of amides is 2. The number of hydrogen-bond acceptors (Lipinski definition) is 12. The molecule has 45 heavy (non-hydrogen) atoms. The summed E-state index contributed by atoms with van der Waals surface area (Å²) in [6, 6.07) is 0.194. The van der Waals surface area contributed by atoms with Crippen molar-refractivity contribution in [1.29, 1.82) is 0 Å². The minimum absolute atomic E-state index is 0.104. The monoisotopic (exact) mass is 660 g/mol. The van der Waals surface area contributed by atoms with Crippen molar-refractivity contribution in [1.82, 2.24) is 20.4 Å². The van der Waals surface area contributed by atoms with Crippen LogP contribution in [0, 0.1) is 0 Å². The van der Waals surface area contributed by atoms with Crippen molar-refractivity contribution in [3.05, 3.63) is 0 Å². The number of hydrogen-bond donors (Lipinski definition) is 2. The molecule has 1 aliphatic heterocycles. The first-order valence-corrected chi connectivity index (χ1v) is 17.3. The summed E-state index contributed by atoms with van der Waals surface area (Å²) < 4.78 is 19.7. The molecule has 0 saturated carbocycles. The Labute approximate surface area is 273 Å². The number of nitrogens with zero attached hydrogens (tertiary/aromatic N) is 2. The number of carbonyl (C=O) groups excluding carboxylic acids is 5. The largest absolute Gasteiger partial charge is 0.469 e. The van der Waals surface area contributed by atoms with Crippen LogP contribution in [-0.4, -0.2) is 131 Å². The van der Waals surface area contributed by atoms with Crippen LogP contribution < -0.4 is 10.6 Å². The van der Waals surface area contributed by atoms with Gasteiger partial charge in [0.15, 0.2) is 0 Å². The highest BCUT2D eigenvalue weighted by Crippen LogP contribution is 2.13. The fraction of sp³-hybridized carbons (Fsp3) is 0.839. The van der Waals surface area contributed by atoms with Gasteiger partial charge >= 0.3 is 29.9 Å². The van der Waals surface area contributed by atoms with Crippen LogP contribution in [0.5, 0.6) is 0 Å². The van der Waals surface area contributed by atoms with Crippen molar-refractivity contribution in [3.63, 3.8) is 0 Å². The van der Waals surface area contributed by atoms with Crippen LogP contribution in [0.1, 0.15) is 77.6 Å². The van der Waals surface area contributed by atoms with Gasteiger partial charge < -0.3 is 39.4 Å². The van der Waals surface area contributed by atoms with Gasteiger partial charge in [0.05, 0.1) is 53.2 Å². The van der Waals surface area contributed by atoms with Gasteiger partial charge in [0.25, 0.3) is 0 Å². The molecule has 0 aromatic rings. The predicted octanol–water partition coefficient (Wildman–Crippen LogP) is 2.75. The summed E-state index contributed by atoms with van der Waals surface area (Å²) in [5.41, 5.74) is 0. The molecule has 2 N–H and O–H groups in total. The molecule has 1 saturated heterocycles. The van der Waals surface area contributed by atoms with E-state index < -0.39 is 0 Å². The van der Waals surface area contributed by atoms with E-state index in [2.05, 4.69) is 20.4 Å². The highest BCUT2D eigenvalue weighted by Gasteiger charge is 2.27. The Morgan fingerprint density at radius 3 is 1.71 bits per heavy atom. The smallest absolute Gasteiger partial charge is 0.315 e. The average molecular weight is 661 g/mol. The third-order valence-corrected chi connectivity index (χ3v) is 8.83. The van der Waals surface area contributed by atoms with Gasteiger partial charge in [-0.2, -0.15) is 11.8 Å². The van der Waals surface area contributed by atoms with Crippen molar-refractivity contribution >= 4 is 41.7 Å². The number of carbonyl (C=O) groups is 5. The molecular formula is C31H56N4O9S. The van der Waals surface area contributed by atoms with Crippen LogP contribution in [0.4, 0.5) is 4.79 Å². The second kappa shape index (κ2) is 25.6. The van der Waals surface area contributed by atoms with Gasteiger partial charge in [-0.25, -0.2) is 4.79 Å². The van der Waals surface area contributed by atoms with Crippen LogP contribution in [0.25, 0.3) is 0 Å². The van der Waals surface area contributed by atoms with Crippen molar-refractivity contribution in [2.24, 2.45) is 0 Å². The molecule has 1 aliphatic rings. The Bertz CT molecular complexity index is 860. The fourth-order valence-electron chi connectivity index (χ4n) is 4.80. The summed E-state index contributed by atoms with van der Waals surface area (Å²) in [6.45, 7) is 6.32. The van der Waals surface area contributed by atoms with Gasteiger partial charge in [-0.3, -0.25) is 19.2 Å². The highest BCUT2D eigenvalue weighted by molar-refractivity contribution is 7.99. The van der Waals surface area contributed by atoms with E-state index in [-0.39, 0.29) is 54.8 Å². The standard InChI is InChI=1S/C31H56N4O9S/c1-25-26(33-31(40)32-25)24-45-23-10-7-12-30(39)44-22-9-6-5-8-16-34(19-13-27(36)41-2)17-11-18-35(20-14-28(37)42-3)21-15-29(38)43-4/h25-26H,5-24H2,1-4H3,(H2,32,33,40). The van der Waals surface area contributed by atoms with E-state index in [1.54, 1.807) is 11.8 Å². The van der Waals surface area contributed by atoms with Crippen molar-refractivity contribution in [2.45, 2.75) is 89.6 Å². The summed E-state index contributed by atoms with van der Waals surface area (Å²) >= 11 is 1.79. The van der Waals surface area contributed by atoms with Crippen molar-refractivity contribution < 1.29 is 42.9 Å². The number of methoxy groups -OCH3 is 3. The zero-order valence-electron chi connectivity index (χ0n) is 27.8. The zero-order valence-corrected chi connectivity index (χ0v) is 28.6. The second-order valence-corrected chi connectivity index (χ2v) is 12.3. The number of rotatable bonds is 27. The molecule has 1 rings (SSSR count). The molecule has 2 amide bonds. The van der Waals surface area contributed by atoms with E-state index in [4.69, 9.17) is 18.9 Å². The average Bonchev–Trinajstić information content (AvgIpc) is 3.36. The normalized spacial score (nSPS) is 15.9. The topological polar surface area (TPSA) is 153 Å². The number of urea groups is 1. The van der Waals surface area contributed by atoms with Gasteiger partial charge in [-0.1, -0.05) is 12.8 Å². The van der Waals surface area contributed by atoms with E-state index >= 15 is 0 Å². The lowest BCUT2D eigenvalue weighted by molar-refractivity contribution is -0.144. The summed E-state index contributed by atoms with van der Waals surface area (Å²) in [4.78, 5) is 62.6. The molecule has 260 valence electrons. The molecule has 0 aromatic carbocycles. The first-order chi connectivity index (χ1) is 21.7. The maximum Gasteiger partial charge on any atom is 0.315 e. The quantitative estimate of drug-likeness (QED) is 0.0757. The maximum absolute atomic E-state index is 12.0. The number of esters is 4. The number of thioether (sulfide) groups is 1. The first-order valence-electron chi connectivity index (χ1n) is 16.1. The summed E-state index contributed by atoms with van der Waals surface area (Å²) in [7, 11) is 4.10. The second-order valence-electron chi connectivity index (χ2n) is 11.2. The van der Waals surface area contributed by atoms with Gasteiger partial charge in [0, 0.05) is 37.8 Å². The Kier molecular flexibility index (Phi) is 23.0. The molecule has 0 radical (unpaired) electrons. The fourth-order valence-corrected chi connectivity index (χ4v) is 6.01. The van der Waals surface area contributed by atoms with Gasteiger partial charge in [-0.05, 0) is 64.4 Å². The van der Waals surface area contributed by atoms with Crippen LogP contribution in [0.3, 0.4) is 0 Å². The van der Waals surface area contributed by atoms with E-state index in [1.807, 2.05) is 6.92 Å². The predicted molar refractivity (Wildman–Crippen MR) is 173 cm³/mol. The van der Waals surface area contributed by atoms with Crippen LogP contribution >= 0.6 is 11.8 Å². The number of nitrogens with one attached hydrogen (secondary N) is 2. The van der Waals surface area contributed by atoms with Gasteiger partial charge in [0.1, 0.15) is 0 Å². The molecule has 2 unspecified atom stereocenters. The lowest BCUT2D eigenvalue weighted by Gasteiger charge is -2.25. The first kappa shape index (κ1) is 40.4. The summed E-state index contributed by atoms with van der Waals surface area (Å²) in [6.07, 6.45) is 7.51.